The van der Waals surface area contributed by atoms with E-state index >= 15 is 0 Å². The molecular formula is C17H16BrN3O5S. The van der Waals surface area contributed by atoms with Crippen LogP contribution in [0.25, 0.3) is 16.9 Å². The van der Waals surface area contributed by atoms with Crippen LogP contribution < -0.4 is 15.2 Å². The van der Waals surface area contributed by atoms with Crippen molar-refractivity contribution in [2.24, 2.45) is 0 Å². The summed E-state index contributed by atoms with van der Waals surface area (Å²) in [6.45, 7) is 0. The summed E-state index contributed by atoms with van der Waals surface area (Å²) in [6.07, 6.45) is 2.57. The molecule has 0 aliphatic rings. The molecule has 0 atom stereocenters. The second-order valence-electron chi connectivity index (χ2n) is 5.80. The zero-order valence-electron chi connectivity index (χ0n) is 14.7. The van der Waals surface area contributed by atoms with Crippen LogP contribution in [0.3, 0.4) is 0 Å². The summed E-state index contributed by atoms with van der Waals surface area (Å²) in [6, 6.07) is 7.67. The van der Waals surface area contributed by atoms with E-state index in [1.807, 2.05) is 0 Å². The molecule has 0 bridgehead atoms. The Morgan fingerprint density at radius 3 is 2.59 bits per heavy atom. The van der Waals surface area contributed by atoms with Crippen LogP contribution in [0, 0.1) is 0 Å². The van der Waals surface area contributed by atoms with Gasteiger partial charge in [0.25, 0.3) is 11.5 Å². The lowest BCUT2D eigenvalue weighted by Crippen LogP contribution is -2.25. The number of benzene rings is 1. The number of rotatable bonds is 4. The highest BCUT2D eigenvalue weighted by atomic mass is 79.9. The number of amides is 1. The average Bonchev–Trinajstić information content (AvgIpc) is 2.97. The number of hydrogen-bond acceptors (Lipinski definition) is 5. The van der Waals surface area contributed by atoms with Crippen LogP contribution in [0.5, 0.6) is 0 Å². The molecule has 0 saturated carbocycles. The van der Waals surface area contributed by atoms with Crippen LogP contribution in [-0.4, -0.2) is 39.2 Å². The van der Waals surface area contributed by atoms with Gasteiger partial charge in [0.05, 0.1) is 11.9 Å². The van der Waals surface area contributed by atoms with Gasteiger partial charge in [-0.2, -0.15) is 0 Å². The van der Waals surface area contributed by atoms with Crippen molar-refractivity contribution in [3.63, 3.8) is 0 Å². The SMILES string of the molecule is CNC(=O)c1c(-n2ccccc2=O)oc2cc(N(C)S(C)(=O)=O)c(Br)cc12. The number of hydrogen-bond donors (Lipinski definition) is 1. The van der Waals surface area contributed by atoms with Crippen LogP contribution in [0.4, 0.5) is 5.69 Å². The first kappa shape index (κ1) is 19.2. The predicted molar refractivity (Wildman–Crippen MR) is 106 cm³/mol. The maximum absolute atomic E-state index is 12.5. The highest BCUT2D eigenvalue weighted by Crippen LogP contribution is 2.36. The van der Waals surface area contributed by atoms with Gasteiger partial charge < -0.3 is 9.73 Å². The Balaban J connectivity index is 2.37. The smallest absolute Gasteiger partial charge is 0.257 e. The second-order valence-corrected chi connectivity index (χ2v) is 8.67. The normalized spacial score (nSPS) is 11.6. The number of halogens is 1. The molecule has 142 valence electrons. The van der Waals surface area contributed by atoms with Crippen LogP contribution in [0.1, 0.15) is 10.4 Å². The van der Waals surface area contributed by atoms with Crippen LogP contribution in [0.15, 0.2) is 50.2 Å². The Hall–Kier alpha value is -2.59. The Kier molecular flexibility index (Phi) is 4.87. The number of nitrogens with zero attached hydrogens (tertiary/aromatic N) is 2. The molecule has 1 aromatic carbocycles. The minimum atomic E-state index is -3.50. The maximum atomic E-state index is 12.5. The molecule has 3 rings (SSSR count). The molecule has 8 nitrogen and oxygen atoms in total. The van der Waals surface area contributed by atoms with Gasteiger partial charge in [0.2, 0.25) is 15.9 Å². The standard InChI is InChI=1S/C17H16BrN3O5S/c1-19-16(23)15-10-8-11(18)12(20(2)27(3,24)25)9-13(10)26-17(15)21-7-5-4-6-14(21)22/h4-9H,1-3H3,(H,19,23). The van der Waals surface area contributed by atoms with Crippen molar-refractivity contribution in [2.45, 2.75) is 0 Å². The Labute approximate surface area is 163 Å². The fourth-order valence-electron chi connectivity index (χ4n) is 2.62. The average molecular weight is 454 g/mol. The highest BCUT2D eigenvalue weighted by molar-refractivity contribution is 9.10. The predicted octanol–water partition coefficient (Wildman–Crippen LogP) is 2.10. The third-order valence-electron chi connectivity index (χ3n) is 4.07. The van der Waals surface area contributed by atoms with E-state index in [0.29, 0.717) is 15.5 Å². The fourth-order valence-corrected chi connectivity index (χ4v) is 3.86. The van der Waals surface area contributed by atoms with Crippen molar-refractivity contribution in [3.05, 3.63) is 56.9 Å². The Morgan fingerprint density at radius 2 is 2.00 bits per heavy atom. The van der Waals surface area contributed by atoms with Crippen molar-refractivity contribution in [2.75, 3.05) is 24.7 Å². The molecule has 2 heterocycles. The summed E-state index contributed by atoms with van der Waals surface area (Å²) >= 11 is 3.35. The van der Waals surface area contributed by atoms with E-state index in [1.54, 1.807) is 18.2 Å². The van der Waals surface area contributed by atoms with Crippen molar-refractivity contribution in [1.82, 2.24) is 9.88 Å². The van der Waals surface area contributed by atoms with Crippen LogP contribution in [-0.2, 0) is 10.0 Å². The van der Waals surface area contributed by atoms with Gasteiger partial charge in [-0.15, -0.1) is 0 Å². The number of carbonyl (C=O) groups is 1. The molecule has 1 amide bonds. The van der Waals surface area contributed by atoms with Gasteiger partial charge in [0.1, 0.15) is 11.1 Å². The topological polar surface area (TPSA) is 102 Å². The maximum Gasteiger partial charge on any atom is 0.257 e. The van der Waals surface area contributed by atoms with Crippen molar-refractivity contribution in [3.8, 4) is 5.88 Å². The molecule has 0 spiro atoms. The lowest BCUT2D eigenvalue weighted by atomic mass is 10.1. The van der Waals surface area contributed by atoms with E-state index in [1.165, 1.54) is 37.0 Å². The largest absolute Gasteiger partial charge is 0.439 e. The number of furan rings is 1. The van der Waals surface area contributed by atoms with Gasteiger partial charge in [0, 0.05) is 42.3 Å². The zero-order valence-corrected chi connectivity index (χ0v) is 17.1. The third-order valence-corrected chi connectivity index (χ3v) is 5.90. The number of nitrogens with one attached hydrogen (secondary N) is 1. The van der Waals surface area contributed by atoms with Gasteiger partial charge in [-0.1, -0.05) is 6.07 Å². The van der Waals surface area contributed by atoms with Crippen molar-refractivity contribution < 1.29 is 17.6 Å². The monoisotopic (exact) mass is 453 g/mol. The molecule has 0 unspecified atom stereocenters. The summed E-state index contributed by atoms with van der Waals surface area (Å²) in [5.74, 6) is -0.378. The molecule has 0 saturated heterocycles. The summed E-state index contributed by atoms with van der Waals surface area (Å²) in [5.41, 5.74) is 0.423. The molecule has 27 heavy (non-hydrogen) atoms. The molecule has 0 fully saturated rings. The number of carbonyl (C=O) groups excluding carboxylic acids is 1. The van der Waals surface area contributed by atoms with Crippen molar-refractivity contribution >= 4 is 48.5 Å². The zero-order chi connectivity index (χ0) is 19.9. The van der Waals surface area contributed by atoms with E-state index in [4.69, 9.17) is 4.42 Å². The Bertz CT molecular complexity index is 1210. The minimum Gasteiger partial charge on any atom is -0.439 e. The summed E-state index contributed by atoms with van der Waals surface area (Å²) in [5, 5.41) is 2.98. The fraction of sp³-hybridized carbons (Fsp3) is 0.176. The Morgan fingerprint density at radius 1 is 1.30 bits per heavy atom. The number of sulfonamides is 1. The lowest BCUT2D eigenvalue weighted by Gasteiger charge is -2.18. The highest BCUT2D eigenvalue weighted by Gasteiger charge is 2.25. The first-order valence-electron chi connectivity index (χ1n) is 7.75. The van der Waals surface area contributed by atoms with Gasteiger partial charge in [-0.3, -0.25) is 18.5 Å². The van der Waals surface area contributed by atoms with E-state index in [9.17, 15) is 18.0 Å². The van der Waals surface area contributed by atoms with Crippen LogP contribution >= 0.6 is 15.9 Å². The van der Waals surface area contributed by atoms with Crippen molar-refractivity contribution in [1.29, 1.82) is 0 Å². The van der Waals surface area contributed by atoms with E-state index in [-0.39, 0.29) is 22.6 Å². The summed E-state index contributed by atoms with van der Waals surface area (Å²) in [4.78, 5) is 24.7. The number of pyridine rings is 1. The summed E-state index contributed by atoms with van der Waals surface area (Å²) < 4.78 is 32.3. The van der Waals surface area contributed by atoms with Crippen LogP contribution in [0.2, 0.25) is 0 Å². The number of aromatic nitrogens is 1. The van der Waals surface area contributed by atoms with E-state index in [2.05, 4.69) is 21.2 Å². The first-order valence-corrected chi connectivity index (χ1v) is 10.4. The quantitative estimate of drug-likeness (QED) is 0.651. The van der Waals surface area contributed by atoms with E-state index < -0.39 is 15.9 Å². The van der Waals surface area contributed by atoms with Gasteiger partial charge >= 0.3 is 0 Å². The second kappa shape index (κ2) is 6.86. The number of anilines is 1. The number of fused-ring (bicyclic) bond motifs is 1. The lowest BCUT2D eigenvalue weighted by molar-refractivity contribution is 0.0964. The third kappa shape index (κ3) is 3.37. The van der Waals surface area contributed by atoms with Gasteiger partial charge in [0.15, 0.2) is 0 Å². The molecule has 2 aromatic heterocycles. The molecule has 10 heteroatoms. The van der Waals surface area contributed by atoms with Gasteiger partial charge in [-0.05, 0) is 28.1 Å². The summed E-state index contributed by atoms with van der Waals surface area (Å²) in [7, 11) is -0.622. The molecule has 0 aliphatic carbocycles. The molecule has 3 aromatic rings. The minimum absolute atomic E-state index is 0.0565. The van der Waals surface area contributed by atoms with Gasteiger partial charge in [-0.25, -0.2) is 8.42 Å². The molecule has 0 aliphatic heterocycles. The first-order chi connectivity index (χ1) is 12.6. The molecular weight excluding hydrogens is 438 g/mol. The molecule has 0 radical (unpaired) electrons. The molecule has 1 N–H and O–H groups in total. The van der Waals surface area contributed by atoms with E-state index in [0.717, 1.165) is 10.6 Å².